The first kappa shape index (κ1) is 13.1. The topological polar surface area (TPSA) is 66.8 Å². The third-order valence-corrected chi connectivity index (χ3v) is 5.61. The molecule has 2 N–H and O–H groups in total. The summed E-state index contributed by atoms with van der Waals surface area (Å²) in [6.45, 7) is 5.64. The van der Waals surface area contributed by atoms with Crippen LogP contribution in [0, 0.1) is 23.7 Å². The maximum absolute atomic E-state index is 11.7. The van der Waals surface area contributed by atoms with Gasteiger partial charge in [0.25, 0.3) is 0 Å². The minimum atomic E-state index is -1.07. The molecule has 0 radical (unpaired) electrons. The Morgan fingerprint density at radius 2 is 2.11 bits per heavy atom. The summed E-state index contributed by atoms with van der Waals surface area (Å²) in [6, 6.07) is 0. The minimum absolute atomic E-state index is 0.00528. The third kappa shape index (κ3) is 1.77. The SMILES string of the molecule is CC1=C[C@@H]2OC(=O)[C@@H](C)[C@H]2C[C@@H]2[C@H]1C[C@@H](O)[C@@]2(C)O. The van der Waals surface area contributed by atoms with Gasteiger partial charge < -0.3 is 14.9 Å². The number of ether oxygens (including phenoxy) is 1. The summed E-state index contributed by atoms with van der Waals surface area (Å²) in [4.78, 5) is 11.7. The zero-order chi connectivity index (χ0) is 13.9. The Labute approximate surface area is 113 Å². The predicted octanol–water partition coefficient (Wildman–Crippen LogP) is 1.26. The molecule has 1 saturated carbocycles. The molecule has 4 heteroatoms. The lowest BCUT2D eigenvalue weighted by Gasteiger charge is -2.32. The number of rotatable bonds is 0. The van der Waals surface area contributed by atoms with Gasteiger partial charge in [0, 0.05) is 5.92 Å². The van der Waals surface area contributed by atoms with Gasteiger partial charge in [0.05, 0.1) is 17.6 Å². The Morgan fingerprint density at radius 1 is 1.42 bits per heavy atom. The second-order valence-corrected chi connectivity index (χ2v) is 6.69. The second-order valence-electron chi connectivity index (χ2n) is 6.69. The van der Waals surface area contributed by atoms with Gasteiger partial charge in [0.1, 0.15) is 6.10 Å². The Bertz CT molecular complexity index is 439. The average molecular weight is 266 g/mol. The smallest absolute Gasteiger partial charge is 0.309 e. The van der Waals surface area contributed by atoms with Crippen LogP contribution in [0.25, 0.3) is 0 Å². The van der Waals surface area contributed by atoms with Crippen molar-refractivity contribution in [3.8, 4) is 0 Å². The van der Waals surface area contributed by atoms with Crippen molar-refractivity contribution in [1.29, 1.82) is 0 Å². The molecule has 106 valence electrons. The summed E-state index contributed by atoms with van der Waals surface area (Å²) in [5, 5.41) is 20.7. The van der Waals surface area contributed by atoms with Crippen LogP contribution in [-0.4, -0.2) is 34.0 Å². The normalized spacial score (nSPS) is 53.1. The summed E-state index contributed by atoms with van der Waals surface area (Å²) in [5.74, 6) is 0.0541. The molecule has 0 aromatic rings. The number of hydrogen-bond donors (Lipinski definition) is 2. The Hall–Kier alpha value is -0.870. The van der Waals surface area contributed by atoms with Gasteiger partial charge in [0.15, 0.2) is 0 Å². The fourth-order valence-electron chi connectivity index (χ4n) is 4.16. The molecular weight excluding hydrogens is 244 g/mol. The molecule has 7 atom stereocenters. The minimum Gasteiger partial charge on any atom is -0.458 e. The molecular formula is C15H22O4. The number of fused-ring (bicyclic) bond motifs is 2. The molecule has 3 aliphatic rings. The highest BCUT2D eigenvalue weighted by atomic mass is 16.6. The number of allylic oxidation sites excluding steroid dienone is 1. The summed E-state index contributed by atoms with van der Waals surface area (Å²) >= 11 is 0. The van der Waals surface area contributed by atoms with E-state index in [1.807, 2.05) is 19.9 Å². The van der Waals surface area contributed by atoms with E-state index in [0.717, 1.165) is 12.0 Å². The standard InChI is InChI=1S/C15H22O4/c1-7-4-12-10(8(2)14(17)19-12)5-11-9(7)6-13(16)15(11,3)18/h4,8-13,16,18H,5-6H2,1-3H3/t8-,9-,10+,11+,12-,13+,15-/m0/s1. The Morgan fingerprint density at radius 3 is 2.79 bits per heavy atom. The molecule has 2 fully saturated rings. The highest BCUT2D eigenvalue weighted by Gasteiger charge is 2.55. The van der Waals surface area contributed by atoms with Crippen molar-refractivity contribution in [2.75, 3.05) is 0 Å². The molecule has 0 spiro atoms. The fourth-order valence-corrected chi connectivity index (χ4v) is 4.16. The molecule has 0 unspecified atom stereocenters. The summed E-state index contributed by atoms with van der Waals surface area (Å²) < 4.78 is 5.43. The van der Waals surface area contributed by atoms with Crippen molar-refractivity contribution in [2.45, 2.75) is 51.4 Å². The highest BCUT2D eigenvalue weighted by molar-refractivity contribution is 5.75. The largest absolute Gasteiger partial charge is 0.458 e. The molecule has 4 nitrogen and oxygen atoms in total. The van der Waals surface area contributed by atoms with E-state index in [1.165, 1.54) is 0 Å². The van der Waals surface area contributed by atoms with Crippen molar-refractivity contribution in [3.63, 3.8) is 0 Å². The van der Waals surface area contributed by atoms with E-state index < -0.39 is 11.7 Å². The maximum Gasteiger partial charge on any atom is 0.309 e. The van der Waals surface area contributed by atoms with E-state index in [2.05, 4.69) is 0 Å². The lowest BCUT2D eigenvalue weighted by Crippen LogP contribution is -2.41. The van der Waals surface area contributed by atoms with Gasteiger partial charge in [-0.2, -0.15) is 0 Å². The van der Waals surface area contributed by atoms with Crippen LogP contribution in [0.2, 0.25) is 0 Å². The fraction of sp³-hybridized carbons (Fsp3) is 0.800. The van der Waals surface area contributed by atoms with E-state index in [9.17, 15) is 15.0 Å². The molecule has 19 heavy (non-hydrogen) atoms. The first-order valence-corrected chi connectivity index (χ1v) is 7.11. The predicted molar refractivity (Wildman–Crippen MR) is 69.1 cm³/mol. The van der Waals surface area contributed by atoms with Crippen LogP contribution < -0.4 is 0 Å². The van der Waals surface area contributed by atoms with Crippen LogP contribution in [0.1, 0.15) is 33.6 Å². The van der Waals surface area contributed by atoms with Crippen molar-refractivity contribution >= 4 is 5.97 Å². The van der Waals surface area contributed by atoms with Crippen LogP contribution in [0.3, 0.4) is 0 Å². The van der Waals surface area contributed by atoms with Crippen LogP contribution >= 0.6 is 0 Å². The molecule has 1 aliphatic heterocycles. The molecule has 3 rings (SSSR count). The maximum atomic E-state index is 11.7. The van der Waals surface area contributed by atoms with E-state index in [4.69, 9.17) is 4.74 Å². The first-order chi connectivity index (χ1) is 8.82. The van der Waals surface area contributed by atoms with E-state index >= 15 is 0 Å². The molecule has 0 bridgehead atoms. The molecule has 1 heterocycles. The van der Waals surface area contributed by atoms with Gasteiger partial charge >= 0.3 is 5.97 Å². The molecule has 1 saturated heterocycles. The number of aliphatic hydroxyl groups excluding tert-OH is 1. The van der Waals surface area contributed by atoms with E-state index in [1.54, 1.807) is 6.92 Å². The van der Waals surface area contributed by atoms with Crippen molar-refractivity contribution < 1.29 is 19.7 Å². The number of aliphatic hydroxyl groups is 2. The Balaban J connectivity index is 1.98. The van der Waals surface area contributed by atoms with Crippen LogP contribution in [0.4, 0.5) is 0 Å². The number of carbonyl (C=O) groups is 1. The lowest BCUT2D eigenvalue weighted by atomic mass is 9.76. The van der Waals surface area contributed by atoms with Crippen LogP contribution in [0.15, 0.2) is 11.6 Å². The van der Waals surface area contributed by atoms with Crippen molar-refractivity contribution in [2.24, 2.45) is 23.7 Å². The lowest BCUT2D eigenvalue weighted by molar-refractivity contribution is -0.142. The quantitative estimate of drug-likeness (QED) is 0.512. The monoisotopic (exact) mass is 266 g/mol. The van der Waals surface area contributed by atoms with Gasteiger partial charge in [-0.15, -0.1) is 0 Å². The molecule has 0 aromatic carbocycles. The number of carbonyl (C=O) groups excluding carboxylic acids is 1. The van der Waals surface area contributed by atoms with E-state index in [0.29, 0.717) is 6.42 Å². The zero-order valence-corrected chi connectivity index (χ0v) is 11.7. The summed E-state index contributed by atoms with van der Waals surface area (Å²) in [6.07, 6.45) is 2.53. The van der Waals surface area contributed by atoms with Gasteiger partial charge in [-0.25, -0.2) is 0 Å². The van der Waals surface area contributed by atoms with Crippen LogP contribution in [-0.2, 0) is 9.53 Å². The zero-order valence-electron chi connectivity index (χ0n) is 11.7. The Kier molecular flexibility index (Phi) is 2.81. The van der Waals surface area contributed by atoms with Gasteiger partial charge in [-0.1, -0.05) is 12.5 Å². The molecule has 0 amide bonds. The summed E-state index contributed by atoms with van der Waals surface area (Å²) in [7, 11) is 0. The molecule has 2 aliphatic carbocycles. The van der Waals surface area contributed by atoms with Gasteiger partial charge in [0.2, 0.25) is 0 Å². The number of esters is 1. The number of hydrogen-bond acceptors (Lipinski definition) is 4. The summed E-state index contributed by atoms with van der Waals surface area (Å²) in [5.41, 5.74) is 0.0660. The van der Waals surface area contributed by atoms with Crippen molar-refractivity contribution in [1.82, 2.24) is 0 Å². The highest BCUT2D eigenvalue weighted by Crippen LogP contribution is 2.51. The van der Waals surface area contributed by atoms with Gasteiger partial charge in [-0.05, 0) is 44.6 Å². The molecule has 0 aromatic heterocycles. The third-order valence-electron chi connectivity index (χ3n) is 5.61. The first-order valence-electron chi connectivity index (χ1n) is 7.11. The second kappa shape index (κ2) is 4.06. The van der Waals surface area contributed by atoms with Crippen LogP contribution in [0.5, 0.6) is 0 Å². The average Bonchev–Trinajstić information content (AvgIpc) is 2.64. The van der Waals surface area contributed by atoms with Crippen molar-refractivity contribution in [3.05, 3.63) is 11.6 Å². The van der Waals surface area contributed by atoms with Gasteiger partial charge in [-0.3, -0.25) is 4.79 Å². The van der Waals surface area contributed by atoms with E-state index in [-0.39, 0.29) is 35.7 Å².